The monoisotopic (exact) mass is 207 g/mol. The molecule has 0 aromatic rings. The van der Waals surface area contributed by atoms with Gasteiger partial charge in [0.15, 0.2) is 0 Å². The molecule has 3 N–H and O–H groups in total. The predicted octanol–water partition coefficient (Wildman–Crippen LogP) is -0.479. The van der Waals surface area contributed by atoms with Crippen molar-refractivity contribution >= 4 is 9.84 Å². The van der Waals surface area contributed by atoms with Gasteiger partial charge in [0, 0.05) is 24.8 Å². The molecule has 78 valence electrons. The minimum absolute atomic E-state index is 0.00444. The number of sulfone groups is 1. The van der Waals surface area contributed by atoms with Crippen molar-refractivity contribution in [1.29, 1.82) is 0 Å². The Kier molecular flexibility index (Phi) is 2.99. The molecule has 1 rings (SSSR count). The van der Waals surface area contributed by atoms with E-state index in [1.165, 1.54) is 6.26 Å². The van der Waals surface area contributed by atoms with Crippen LogP contribution in [0, 0.1) is 5.41 Å². The summed E-state index contributed by atoms with van der Waals surface area (Å²) in [4.78, 5) is 0. The van der Waals surface area contributed by atoms with Crippen LogP contribution in [0.4, 0.5) is 0 Å². The van der Waals surface area contributed by atoms with Gasteiger partial charge in [0.1, 0.15) is 9.84 Å². The van der Waals surface area contributed by atoms with E-state index in [2.05, 4.69) is 0 Å². The Bertz CT molecular complexity index is 269. The zero-order valence-electron chi connectivity index (χ0n) is 7.86. The van der Waals surface area contributed by atoms with E-state index in [0.717, 1.165) is 6.42 Å². The quantitative estimate of drug-likeness (QED) is 0.655. The molecule has 0 unspecified atom stereocenters. The molecule has 13 heavy (non-hydrogen) atoms. The number of aliphatic hydroxyl groups is 1. The second kappa shape index (κ2) is 3.55. The van der Waals surface area contributed by atoms with Gasteiger partial charge in [-0.25, -0.2) is 8.42 Å². The largest absolute Gasteiger partial charge is 0.396 e. The highest BCUT2D eigenvalue weighted by molar-refractivity contribution is 7.91. The highest BCUT2D eigenvalue weighted by Gasteiger charge is 2.41. The molecule has 0 bridgehead atoms. The van der Waals surface area contributed by atoms with E-state index >= 15 is 0 Å². The Morgan fingerprint density at radius 3 is 2.46 bits per heavy atom. The molecule has 2 atom stereocenters. The van der Waals surface area contributed by atoms with Gasteiger partial charge in [-0.05, 0) is 19.3 Å². The molecule has 1 saturated carbocycles. The lowest BCUT2D eigenvalue weighted by Gasteiger charge is -2.24. The fraction of sp³-hybridized carbons (Fsp3) is 1.00. The van der Waals surface area contributed by atoms with Crippen LogP contribution in [0.3, 0.4) is 0 Å². The fourth-order valence-electron chi connectivity index (χ4n) is 1.91. The molecule has 0 saturated heterocycles. The smallest absolute Gasteiger partial charge is 0.150 e. The molecule has 0 aromatic carbocycles. The maximum Gasteiger partial charge on any atom is 0.150 e. The first-order valence-corrected chi connectivity index (χ1v) is 6.39. The van der Waals surface area contributed by atoms with Gasteiger partial charge < -0.3 is 10.8 Å². The molecule has 0 aliphatic heterocycles. The topological polar surface area (TPSA) is 80.4 Å². The van der Waals surface area contributed by atoms with E-state index in [1.54, 1.807) is 0 Å². The van der Waals surface area contributed by atoms with Crippen molar-refractivity contribution < 1.29 is 13.5 Å². The van der Waals surface area contributed by atoms with Crippen molar-refractivity contribution in [3.8, 4) is 0 Å². The standard InChI is InChI=1S/C8H17NO3S/c1-13(11,12)7-2-3-8(4-7,5-9)6-10/h7,10H,2-6,9H2,1H3/t7-,8+/m1/s1. The zero-order chi connectivity index (χ0) is 10.1. The van der Waals surface area contributed by atoms with E-state index in [9.17, 15) is 8.42 Å². The van der Waals surface area contributed by atoms with E-state index in [4.69, 9.17) is 10.8 Å². The summed E-state index contributed by atoms with van der Waals surface area (Å²) in [5, 5.41) is 8.82. The van der Waals surface area contributed by atoms with E-state index in [1.807, 2.05) is 0 Å². The molecule has 1 aliphatic carbocycles. The molecule has 5 heteroatoms. The molecular formula is C8H17NO3S. The number of rotatable bonds is 3. The fourth-order valence-corrected chi connectivity index (χ4v) is 3.12. The first kappa shape index (κ1) is 10.9. The average Bonchev–Trinajstić information content (AvgIpc) is 2.48. The summed E-state index contributed by atoms with van der Waals surface area (Å²) in [5.41, 5.74) is 5.19. The summed E-state index contributed by atoms with van der Waals surface area (Å²) in [6.07, 6.45) is 3.12. The molecular weight excluding hydrogens is 190 g/mol. The summed E-state index contributed by atoms with van der Waals surface area (Å²) in [7, 11) is -2.96. The Balaban J connectivity index is 2.73. The molecule has 0 amide bonds. The lowest BCUT2D eigenvalue weighted by Crippen LogP contribution is -2.33. The number of aliphatic hydroxyl groups excluding tert-OH is 1. The van der Waals surface area contributed by atoms with E-state index in [0.29, 0.717) is 19.4 Å². The van der Waals surface area contributed by atoms with Gasteiger partial charge in [-0.15, -0.1) is 0 Å². The van der Waals surface area contributed by atoms with Gasteiger partial charge >= 0.3 is 0 Å². The second-order valence-corrected chi connectivity index (χ2v) is 6.38. The van der Waals surface area contributed by atoms with Crippen LogP contribution in [0.25, 0.3) is 0 Å². The Labute approximate surface area is 79.0 Å². The normalized spacial score (nSPS) is 35.2. The maximum atomic E-state index is 11.2. The average molecular weight is 207 g/mol. The molecule has 1 fully saturated rings. The molecule has 0 heterocycles. The molecule has 1 aliphatic rings. The first-order chi connectivity index (χ1) is 5.93. The Morgan fingerprint density at radius 2 is 2.23 bits per heavy atom. The number of hydrogen-bond acceptors (Lipinski definition) is 4. The Morgan fingerprint density at radius 1 is 1.62 bits per heavy atom. The summed E-state index contributed by atoms with van der Waals surface area (Å²) in [6, 6.07) is 0. The maximum absolute atomic E-state index is 11.2. The van der Waals surface area contributed by atoms with E-state index < -0.39 is 9.84 Å². The minimum atomic E-state index is -2.96. The van der Waals surface area contributed by atoms with Crippen LogP contribution in [-0.4, -0.2) is 38.2 Å². The molecule has 0 radical (unpaired) electrons. The van der Waals surface area contributed by atoms with E-state index in [-0.39, 0.29) is 17.3 Å². The van der Waals surface area contributed by atoms with Crippen LogP contribution in [-0.2, 0) is 9.84 Å². The molecule has 4 nitrogen and oxygen atoms in total. The lowest BCUT2D eigenvalue weighted by molar-refractivity contribution is 0.138. The number of nitrogens with two attached hydrogens (primary N) is 1. The lowest BCUT2D eigenvalue weighted by atomic mass is 9.88. The van der Waals surface area contributed by atoms with Crippen LogP contribution in [0.1, 0.15) is 19.3 Å². The summed E-state index contributed by atoms with van der Waals surface area (Å²) >= 11 is 0. The SMILES string of the molecule is CS(=O)(=O)[C@@H]1CC[C@](CN)(CO)C1. The summed E-state index contributed by atoms with van der Waals surface area (Å²) in [5.74, 6) is 0. The second-order valence-electron chi connectivity index (χ2n) is 4.06. The van der Waals surface area contributed by atoms with Crippen molar-refractivity contribution in [2.24, 2.45) is 11.1 Å². The van der Waals surface area contributed by atoms with Crippen molar-refractivity contribution in [2.45, 2.75) is 24.5 Å². The third-order valence-corrected chi connectivity index (χ3v) is 4.64. The van der Waals surface area contributed by atoms with Crippen molar-refractivity contribution in [3.63, 3.8) is 0 Å². The number of hydrogen-bond donors (Lipinski definition) is 2. The zero-order valence-corrected chi connectivity index (χ0v) is 8.68. The van der Waals surface area contributed by atoms with Crippen molar-refractivity contribution in [2.75, 3.05) is 19.4 Å². The van der Waals surface area contributed by atoms with Gasteiger partial charge in [0.05, 0.1) is 5.25 Å². The molecule has 0 aromatic heterocycles. The highest BCUT2D eigenvalue weighted by Crippen LogP contribution is 2.39. The molecule has 0 spiro atoms. The Hall–Kier alpha value is -0.130. The van der Waals surface area contributed by atoms with Gasteiger partial charge in [-0.2, -0.15) is 0 Å². The minimum Gasteiger partial charge on any atom is -0.396 e. The van der Waals surface area contributed by atoms with Crippen LogP contribution >= 0.6 is 0 Å². The van der Waals surface area contributed by atoms with Gasteiger partial charge in [-0.3, -0.25) is 0 Å². The van der Waals surface area contributed by atoms with Crippen LogP contribution in [0.2, 0.25) is 0 Å². The predicted molar refractivity (Wildman–Crippen MR) is 51.1 cm³/mol. The first-order valence-electron chi connectivity index (χ1n) is 4.43. The van der Waals surface area contributed by atoms with Crippen molar-refractivity contribution in [1.82, 2.24) is 0 Å². The summed E-state index contributed by atoms with van der Waals surface area (Å²) < 4.78 is 22.5. The third-order valence-electron chi connectivity index (χ3n) is 3.03. The van der Waals surface area contributed by atoms with Gasteiger partial charge in [0.25, 0.3) is 0 Å². The van der Waals surface area contributed by atoms with Crippen LogP contribution < -0.4 is 5.73 Å². The van der Waals surface area contributed by atoms with Gasteiger partial charge in [0.2, 0.25) is 0 Å². The highest BCUT2D eigenvalue weighted by atomic mass is 32.2. The van der Waals surface area contributed by atoms with Gasteiger partial charge in [-0.1, -0.05) is 0 Å². The van der Waals surface area contributed by atoms with Crippen LogP contribution in [0.5, 0.6) is 0 Å². The van der Waals surface area contributed by atoms with Crippen molar-refractivity contribution in [3.05, 3.63) is 0 Å². The summed E-state index contributed by atoms with van der Waals surface area (Å²) in [6.45, 7) is 0.366. The third kappa shape index (κ3) is 2.21. The van der Waals surface area contributed by atoms with Crippen LogP contribution in [0.15, 0.2) is 0 Å².